The molecule has 6 amide bonds. The third-order valence-corrected chi connectivity index (χ3v) is 21.8. The minimum absolute atomic E-state index is 0. The van der Waals surface area contributed by atoms with E-state index in [1.807, 2.05) is 42.5 Å². The molecule has 5 N–H and O–H groups in total. The number of nitrogens with zero attached hydrogens (tertiary/aromatic N) is 9. The molecule has 9 heterocycles. The molecule has 24 nitrogen and oxygen atoms in total. The molecule has 25 heteroatoms. The third kappa shape index (κ3) is 28.1. The summed E-state index contributed by atoms with van der Waals surface area (Å²) in [6, 6.07) is 20.4. The summed E-state index contributed by atoms with van der Waals surface area (Å²) in [5, 5.41) is 26.8. The highest BCUT2D eigenvalue weighted by Gasteiger charge is 2.49. The van der Waals surface area contributed by atoms with Crippen LogP contribution in [0.1, 0.15) is 341 Å². The van der Waals surface area contributed by atoms with Crippen molar-refractivity contribution < 1.29 is 62.5 Å². The van der Waals surface area contributed by atoms with Crippen LogP contribution in [-0.4, -0.2) is 174 Å². The zero-order valence-corrected chi connectivity index (χ0v) is 73.0. The number of likely N-dealkylation sites (tertiary alicyclic amines) is 3. The van der Waals surface area contributed by atoms with E-state index in [4.69, 9.17) is 10.2 Å². The molecule has 2 aliphatic carbocycles. The minimum Gasteiger partial charge on any atom is -0.480 e. The highest BCUT2D eigenvalue weighted by atomic mass is 19.1. The first-order chi connectivity index (χ1) is 53.4. The third-order valence-electron chi connectivity index (χ3n) is 21.8. The van der Waals surface area contributed by atoms with Crippen molar-refractivity contribution in [2.75, 3.05) is 26.2 Å². The molecule has 6 aromatic heterocycles. The van der Waals surface area contributed by atoms with Crippen LogP contribution in [0.5, 0.6) is 0 Å². The number of alkyl halides is 1. The van der Waals surface area contributed by atoms with E-state index >= 15 is 0 Å². The lowest BCUT2D eigenvalue weighted by Crippen LogP contribution is -2.48. The second-order valence-electron chi connectivity index (χ2n) is 38.1. The summed E-state index contributed by atoms with van der Waals surface area (Å²) in [5.74, 6) is -3.29. The number of carboxylic acid groups (broad SMARTS) is 2. The number of carbonyl (C=O) groups excluding carboxylic acids is 8. The van der Waals surface area contributed by atoms with Crippen LogP contribution in [0, 0.1) is 0 Å². The molecule has 3 aliphatic heterocycles. The monoisotopic (exact) mass is 1610 g/mol. The molecule has 0 radical (unpaired) electrons. The van der Waals surface area contributed by atoms with Gasteiger partial charge < -0.3 is 40.9 Å². The first kappa shape index (κ1) is 97.5. The second-order valence-corrected chi connectivity index (χ2v) is 38.1. The van der Waals surface area contributed by atoms with Crippen molar-refractivity contribution in [1.29, 1.82) is 0 Å². The highest BCUT2D eigenvalue weighted by Crippen LogP contribution is 2.39. The number of amides is 6. The molecule has 11 rings (SSSR count). The molecule has 2 saturated carbocycles. The lowest BCUT2D eigenvalue weighted by Gasteiger charge is -2.34. The van der Waals surface area contributed by atoms with E-state index < -0.39 is 40.8 Å². The van der Waals surface area contributed by atoms with E-state index in [9.17, 15) is 52.3 Å². The van der Waals surface area contributed by atoms with Crippen LogP contribution >= 0.6 is 0 Å². The summed E-state index contributed by atoms with van der Waals surface area (Å²) in [6.45, 7) is 49.7. The Balaban J connectivity index is 0.000000250. The fraction of sp³-hybridized carbons (Fsp3) is 0.565. The van der Waals surface area contributed by atoms with E-state index in [2.05, 4.69) is 177 Å². The van der Waals surface area contributed by atoms with Gasteiger partial charge in [-0.2, -0.15) is 0 Å². The number of pyridine rings is 6. The largest absolute Gasteiger partial charge is 0.480 e. The van der Waals surface area contributed by atoms with Crippen LogP contribution < -0.4 is 16.0 Å². The molecule has 6 aromatic rings. The van der Waals surface area contributed by atoms with Crippen molar-refractivity contribution in [3.63, 3.8) is 0 Å². The number of piperidine rings is 1. The maximum Gasteiger partial charge on any atom is 0.326 e. The molecular formula is C92H131FN12O12. The number of Topliss-reactive ketones (excluding diaryl/α,β-unsaturated/α-hetero) is 2. The van der Waals surface area contributed by atoms with E-state index in [1.165, 1.54) is 23.6 Å². The Labute approximate surface area is 693 Å². The van der Waals surface area contributed by atoms with Crippen LogP contribution in [0.3, 0.4) is 0 Å². The number of aliphatic carboxylic acids is 2. The number of hydrogen-bond donors (Lipinski definition) is 5. The van der Waals surface area contributed by atoms with Gasteiger partial charge in [0.1, 0.15) is 51.9 Å². The zero-order valence-electron chi connectivity index (χ0n) is 73.0. The van der Waals surface area contributed by atoms with Crippen LogP contribution in [0.4, 0.5) is 4.39 Å². The maximum absolute atomic E-state index is 13.7. The van der Waals surface area contributed by atoms with Gasteiger partial charge in [0.25, 0.3) is 35.4 Å². The van der Waals surface area contributed by atoms with Crippen molar-refractivity contribution in [1.82, 2.24) is 60.6 Å². The topological polar surface area (TPSA) is 334 Å². The smallest absolute Gasteiger partial charge is 0.326 e. The Bertz CT molecular complexity index is 4230. The summed E-state index contributed by atoms with van der Waals surface area (Å²) < 4.78 is 13.7. The van der Waals surface area contributed by atoms with Gasteiger partial charge >= 0.3 is 11.9 Å². The number of nitrogens with one attached hydrogen (secondary N) is 3. The fourth-order valence-corrected chi connectivity index (χ4v) is 12.4. The summed E-state index contributed by atoms with van der Waals surface area (Å²) >= 11 is 0. The first-order valence-corrected chi connectivity index (χ1v) is 40.3. The standard InChI is InChI=1S/C16H23FN2O.2C15H20N2O3.C15H20N2O2.C15H22N2O2.C15H22N2O.CH4/c1-15(2,3)12-5-6-13(18-11-12)14(20)19-9-7-16(4,17)8-10-19;2*1-15(2,3)10-6-7-11(16-9-10)13(18)17-8-4-5-12(17)14(19)20;1-10(18)15(7-8-15)17-13(19)12-6-5-11(9-16-12)14(2,3)4;1-10(18)15(5,6)17-13(19)12-8-7-11(9-16-12)14(2,3)4;1-5-15(8-9-15)17-13(18)12-7-6-11(10-16-12)14(2,3)4;/h5-6,11H,7-10H2,1-4H3;2*6-7,9,12H,4-5,8H2,1-3H3,(H,19,20);5-6,9H,7-8H2,1-4H3,(H,17,19);7-9H,1-6H3,(H,17,19);6-7,10H,5,8-9H2,1-4H3,(H,17,18);1H4/t;2*12-;;;;/m.10..../s1. The molecule has 0 bridgehead atoms. The van der Waals surface area contributed by atoms with Crippen molar-refractivity contribution >= 4 is 58.9 Å². The number of halogens is 1. The molecule has 0 unspecified atom stereocenters. The molecular weight excluding hydrogens is 1480 g/mol. The van der Waals surface area contributed by atoms with Crippen molar-refractivity contribution in [2.45, 2.75) is 311 Å². The SMILES string of the molecule is C.CC(=O)C(C)(C)NC(=O)c1ccc(C(C)(C)C)cn1.CC(=O)C1(NC(=O)c2ccc(C(C)(C)C)cn2)CC1.CC(C)(C)c1ccc(C(=O)N2CCC[C@@H]2C(=O)O)nc1.CC(C)(C)c1ccc(C(=O)N2CCC[C@H]2C(=O)O)nc1.CC1(F)CCN(C(=O)c2ccc(C(C)(C)C)cn2)CC1.CCC1(NC(=O)c2ccc(C(C)(C)C)cn2)CC1. The average Bonchev–Trinajstić information content (AvgIpc) is 1.63. The number of carbonyl (C=O) groups is 10. The number of carboxylic acids is 2. The van der Waals surface area contributed by atoms with Crippen molar-refractivity contribution in [2.24, 2.45) is 0 Å². The number of hydrogen-bond acceptors (Lipinski definition) is 16. The van der Waals surface area contributed by atoms with Crippen molar-refractivity contribution in [3.8, 4) is 0 Å². The zero-order chi connectivity index (χ0) is 87.3. The van der Waals surface area contributed by atoms with Gasteiger partial charge in [-0.15, -0.1) is 0 Å². The number of aromatic nitrogens is 6. The average molecular weight is 1620 g/mol. The van der Waals surface area contributed by atoms with Gasteiger partial charge in [-0.3, -0.25) is 68.3 Å². The Kier molecular flexibility index (Phi) is 32.5. The maximum atomic E-state index is 13.7. The quantitative estimate of drug-likeness (QED) is 0.0676. The lowest BCUT2D eigenvalue weighted by atomic mass is 9.88. The summed E-state index contributed by atoms with van der Waals surface area (Å²) in [7, 11) is 0. The molecule has 0 aromatic carbocycles. The summed E-state index contributed by atoms with van der Waals surface area (Å²) in [4.78, 5) is 148. The lowest BCUT2D eigenvalue weighted by molar-refractivity contribution is -0.142. The molecule has 638 valence electrons. The Morgan fingerprint density at radius 3 is 0.932 bits per heavy atom. The van der Waals surface area contributed by atoms with Gasteiger partial charge in [-0.05, 0) is 208 Å². The normalized spacial score (nSPS) is 17.2. The number of rotatable bonds is 14. The predicted octanol–water partition coefficient (Wildman–Crippen LogP) is 15.9. The molecule has 0 spiro atoms. The first-order valence-electron chi connectivity index (χ1n) is 40.3. The van der Waals surface area contributed by atoms with E-state index in [0.29, 0.717) is 86.0 Å². The van der Waals surface area contributed by atoms with Crippen LogP contribution in [-0.2, 0) is 51.7 Å². The van der Waals surface area contributed by atoms with Gasteiger partial charge in [0, 0.05) is 68.9 Å². The van der Waals surface area contributed by atoms with Crippen LogP contribution in [0.15, 0.2) is 110 Å². The molecule has 5 fully saturated rings. The molecule has 5 aliphatic rings. The van der Waals surface area contributed by atoms with Gasteiger partial charge in [0.2, 0.25) is 0 Å². The summed E-state index contributed by atoms with van der Waals surface area (Å²) in [5.41, 5.74) is 6.24. The fourth-order valence-electron chi connectivity index (χ4n) is 12.4. The Hall–Kier alpha value is -10.1. The van der Waals surface area contributed by atoms with Gasteiger partial charge in [0.05, 0.1) is 11.1 Å². The Morgan fingerprint density at radius 2 is 0.692 bits per heavy atom. The second kappa shape index (κ2) is 39.0. The van der Waals surface area contributed by atoms with Crippen molar-refractivity contribution in [3.05, 3.63) is 178 Å². The van der Waals surface area contributed by atoms with E-state index in [1.54, 1.807) is 93.2 Å². The minimum atomic E-state index is -1.14. The molecule has 2 atom stereocenters. The predicted molar refractivity (Wildman–Crippen MR) is 454 cm³/mol. The number of ketones is 2. The van der Waals surface area contributed by atoms with Crippen LogP contribution in [0.2, 0.25) is 0 Å². The van der Waals surface area contributed by atoms with E-state index in [-0.39, 0.29) is 92.5 Å². The molecule has 117 heavy (non-hydrogen) atoms. The molecule has 3 saturated heterocycles. The highest BCUT2D eigenvalue weighted by molar-refractivity contribution is 6.00. The van der Waals surface area contributed by atoms with Crippen LogP contribution in [0.25, 0.3) is 0 Å². The van der Waals surface area contributed by atoms with E-state index in [0.717, 1.165) is 78.3 Å². The Morgan fingerprint density at radius 1 is 0.410 bits per heavy atom. The van der Waals surface area contributed by atoms with Gasteiger partial charge in [-0.1, -0.05) is 175 Å². The summed E-state index contributed by atoms with van der Waals surface area (Å²) in [6.07, 6.45) is 18.3. The van der Waals surface area contributed by atoms with Gasteiger partial charge in [-0.25, -0.2) is 14.0 Å². The van der Waals surface area contributed by atoms with Gasteiger partial charge in [0.15, 0.2) is 11.6 Å².